The molecule has 0 spiro atoms. The van der Waals surface area contributed by atoms with Gasteiger partial charge in [0.05, 0.1) is 22.1 Å². The first-order valence-corrected chi connectivity index (χ1v) is 11.1. The van der Waals surface area contributed by atoms with E-state index in [1.807, 2.05) is 13.8 Å². The molecule has 0 fully saturated rings. The molecule has 160 valence electrons. The number of thiophene rings is 1. The van der Waals surface area contributed by atoms with Crippen molar-refractivity contribution in [2.24, 2.45) is 0 Å². The summed E-state index contributed by atoms with van der Waals surface area (Å²) in [5.41, 5.74) is 0.920. The van der Waals surface area contributed by atoms with Crippen molar-refractivity contribution >= 4 is 51.4 Å². The number of halogens is 2. The number of hydrogen-bond acceptors (Lipinski definition) is 5. The summed E-state index contributed by atoms with van der Waals surface area (Å²) in [6.07, 6.45) is 0.661. The van der Waals surface area contributed by atoms with E-state index in [1.54, 1.807) is 30.0 Å². The third kappa shape index (κ3) is 5.88. The number of carbonyl (C=O) groups is 2. The van der Waals surface area contributed by atoms with E-state index in [0.29, 0.717) is 62.9 Å². The average molecular weight is 468 g/mol. The quantitative estimate of drug-likeness (QED) is 0.492. The van der Waals surface area contributed by atoms with Gasteiger partial charge >= 0.3 is 0 Å². The molecule has 0 atom stereocenters. The predicted octanol–water partition coefficient (Wildman–Crippen LogP) is 5.51. The number of nitrogens with one attached hydrogen (secondary N) is 1. The van der Waals surface area contributed by atoms with Crippen LogP contribution in [0.25, 0.3) is 0 Å². The van der Waals surface area contributed by atoms with E-state index >= 15 is 0 Å². The lowest BCUT2D eigenvalue weighted by molar-refractivity contribution is -0.116. The number of amides is 2. The van der Waals surface area contributed by atoms with Gasteiger partial charge in [-0.25, -0.2) is 0 Å². The van der Waals surface area contributed by atoms with Crippen LogP contribution in [0.15, 0.2) is 18.2 Å². The second-order valence-corrected chi connectivity index (χ2v) is 8.29. The topological polar surface area (TPSA) is 82.4 Å². The minimum Gasteiger partial charge on any atom is -0.492 e. The maximum atomic E-state index is 12.7. The van der Waals surface area contributed by atoms with Crippen LogP contribution in [0, 0.1) is 18.3 Å². The fraction of sp³-hybridized carbons (Fsp3) is 0.381. The molecule has 6 nitrogen and oxygen atoms in total. The standard InChI is InChI=1S/C21H23Cl2N3O3S/c1-4-26(5-2)21(28)19-13(3)15(12-24)20(30-19)25-18(27)7-6-10-29-17-9-8-14(22)11-16(17)23/h8-9,11H,4-7,10H2,1-3H3,(H,25,27). The van der Waals surface area contributed by atoms with Gasteiger partial charge in [-0.1, -0.05) is 23.2 Å². The minimum absolute atomic E-state index is 0.132. The number of nitriles is 1. The maximum Gasteiger partial charge on any atom is 0.264 e. The van der Waals surface area contributed by atoms with Crippen LogP contribution in [0.4, 0.5) is 5.00 Å². The Kier molecular flexibility index (Phi) is 8.97. The average Bonchev–Trinajstić information content (AvgIpc) is 3.02. The molecule has 0 unspecified atom stereocenters. The van der Waals surface area contributed by atoms with Crippen LogP contribution >= 0.6 is 34.5 Å². The van der Waals surface area contributed by atoms with Crippen LogP contribution < -0.4 is 10.1 Å². The number of rotatable bonds is 9. The third-order valence-electron chi connectivity index (χ3n) is 4.46. The lowest BCUT2D eigenvalue weighted by Gasteiger charge is -2.17. The van der Waals surface area contributed by atoms with Gasteiger partial charge in [-0.05, 0) is 51.0 Å². The highest BCUT2D eigenvalue weighted by molar-refractivity contribution is 7.18. The summed E-state index contributed by atoms with van der Waals surface area (Å²) in [6, 6.07) is 7.03. The Balaban J connectivity index is 1.97. The van der Waals surface area contributed by atoms with Crippen LogP contribution in [-0.4, -0.2) is 36.4 Å². The molecule has 9 heteroatoms. The first kappa shape index (κ1) is 24.0. The molecule has 0 bridgehead atoms. The Bertz CT molecular complexity index is 965. The first-order chi connectivity index (χ1) is 14.3. The van der Waals surface area contributed by atoms with E-state index in [0.717, 1.165) is 11.3 Å². The van der Waals surface area contributed by atoms with E-state index in [1.165, 1.54) is 0 Å². The van der Waals surface area contributed by atoms with Crippen molar-refractivity contribution in [3.8, 4) is 11.8 Å². The summed E-state index contributed by atoms with van der Waals surface area (Å²) in [5.74, 6) is 0.120. The Hall–Kier alpha value is -2.27. The van der Waals surface area contributed by atoms with Gasteiger partial charge in [0.1, 0.15) is 16.8 Å². The van der Waals surface area contributed by atoms with Crippen molar-refractivity contribution < 1.29 is 14.3 Å². The van der Waals surface area contributed by atoms with E-state index in [-0.39, 0.29) is 18.2 Å². The smallest absolute Gasteiger partial charge is 0.264 e. The molecule has 1 aromatic heterocycles. The van der Waals surface area contributed by atoms with Crippen molar-refractivity contribution in [2.45, 2.75) is 33.6 Å². The van der Waals surface area contributed by atoms with Crippen molar-refractivity contribution in [2.75, 3.05) is 25.0 Å². The van der Waals surface area contributed by atoms with E-state index in [9.17, 15) is 14.9 Å². The Morgan fingerprint density at radius 3 is 2.57 bits per heavy atom. The number of carbonyl (C=O) groups excluding carboxylic acids is 2. The summed E-state index contributed by atoms with van der Waals surface area (Å²) < 4.78 is 5.57. The molecule has 0 aliphatic rings. The normalized spacial score (nSPS) is 10.4. The van der Waals surface area contributed by atoms with E-state index in [2.05, 4.69) is 11.4 Å². The van der Waals surface area contributed by atoms with Crippen molar-refractivity contribution in [3.05, 3.63) is 44.2 Å². The molecule has 0 radical (unpaired) electrons. The lowest BCUT2D eigenvalue weighted by Crippen LogP contribution is -2.30. The molecule has 2 amide bonds. The number of nitrogens with zero attached hydrogens (tertiary/aromatic N) is 2. The number of benzene rings is 1. The summed E-state index contributed by atoms with van der Waals surface area (Å²) in [4.78, 5) is 27.2. The number of anilines is 1. The zero-order valence-corrected chi connectivity index (χ0v) is 19.4. The predicted molar refractivity (Wildman–Crippen MR) is 121 cm³/mol. The fourth-order valence-electron chi connectivity index (χ4n) is 2.79. The Labute approximate surface area is 190 Å². The molecule has 2 aromatic rings. The van der Waals surface area contributed by atoms with Crippen molar-refractivity contribution in [1.82, 2.24) is 4.90 Å². The highest BCUT2D eigenvalue weighted by atomic mass is 35.5. The monoisotopic (exact) mass is 467 g/mol. The molecule has 0 saturated heterocycles. The highest BCUT2D eigenvalue weighted by Gasteiger charge is 2.23. The molecule has 0 saturated carbocycles. The van der Waals surface area contributed by atoms with Gasteiger partial charge < -0.3 is 15.0 Å². The highest BCUT2D eigenvalue weighted by Crippen LogP contribution is 2.33. The zero-order chi connectivity index (χ0) is 22.3. The SMILES string of the molecule is CCN(CC)C(=O)c1sc(NC(=O)CCCOc2ccc(Cl)cc2Cl)c(C#N)c1C. The molecular weight excluding hydrogens is 445 g/mol. The largest absolute Gasteiger partial charge is 0.492 e. The van der Waals surface area contributed by atoms with Gasteiger partial charge in [-0.2, -0.15) is 5.26 Å². The van der Waals surface area contributed by atoms with Crippen LogP contribution in [0.5, 0.6) is 5.75 Å². The van der Waals surface area contributed by atoms with Gasteiger partial charge in [0.15, 0.2) is 0 Å². The van der Waals surface area contributed by atoms with E-state index < -0.39 is 0 Å². The Morgan fingerprint density at radius 2 is 1.97 bits per heavy atom. The summed E-state index contributed by atoms with van der Waals surface area (Å²) in [6.45, 7) is 6.98. The van der Waals surface area contributed by atoms with Gasteiger partial charge in [0.25, 0.3) is 5.91 Å². The van der Waals surface area contributed by atoms with Crippen LogP contribution in [0.3, 0.4) is 0 Å². The fourth-order valence-corrected chi connectivity index (χ4v) is 4.40. The van der Waals surface area contributed by atoms with Gasteiger partial charge in [0.2, 0.25) is 5.91 Å². The summed E-state index contributed by atoms with van der Waals surface area (Å²) >= 11 is 13.0. The van der Waals surface area contributed by atoms with Gasteiger partial charge in [-0.15, -0.1) is 11.3 Å². The number of hydrogen-bond donors (Lipinski definition) is 1. The van der Waals surface area contributed by atoms with Gasteiger partial charge in [0, 0.05) is 24.5 Å². The van der Waals surface area contributed by atoms with Gasteiger partial charge in [-0.3, -0.25) is 9.59 Å². The zero-order valence-electron chi connectivity index (χ0n) is 17.1. The van der Waals surface area contributed by atoms with Crippen LogP contribution in [0.1, 0.15) is 47.5 Å². The minimum atomic E-state index is -0.250. The van der Waals surface area contributed by atoms with Crippen LogP contribution in [-0.2, 0) is 4.79 Å². The molecular formula is C21H23Cl2N3O3S. The molecule has 1 N–H and O–H groups in total. The Morgan fingerprint density at radius 1 is 1.27 bits per heavy atom. The van der Waals surface area contributed by atoms with Crippen molar-refractivity contribution in [1.29, 1.82) is 5.26 Å². The molecule has 0 aliphatic carbocycles. The third-order valence-corrected chi connectivity index (χ3v) is 6.18. The maximum absolute atomic E-state index is 12.7. The molecule has 1 aromatic carbocycles. The molecule has 30 heavy (non-hydrogen) atoms. The molecule has 0 aliphatic heterocycles. The second-order valence-electron chi connectivity index (χ2n) is 6.42. The van der Waals surface area contributed by atoms with E-state index in [4.69, 9.17) is 27.9 Å². The lowest BCUT2D eigenvalue weighted by atomic mass is 10.1. The second kappa shape index (κ2) is 11.2. The summed E-state index contributed by atoms with van der Waals surface area (Å²) in [5, 5.41) is 13.6. The first-order valence-electron chi connectivity index (χ1n) is 9.52. The summed E-state index contributed by atoms with van der Waals surface area (Å²) in [7, 11) is 0. The number of ether oxygens (including phenoxy) is 1. The van der Waals surface area contributed by atoms with Crippen LogP contribution in [0.2, 0.25) is 10.0 Å². The van der Waals surface area contributed by atoms with Crippen molar-refractivity contribution in [3.63, 3.8) is 0 Å². The molecule has 1 heterocycles. The molecule has 2 rings (SSSR count).